The summed E-state index contributed by atoms with van der Waals surface area (Å²) < 4.78 is 45.2. The molecule has 0 bridgehead atoms. The highest BCUT2D eigenvalue weighted by Gasteiger charge is 2.26. The Balaban J connectivity index is 1.43. The Morgan fingerprint density at radius 3 is 2.67 bits per heavy atom. The van der Waals surface area contributed by atoms with Gasteiger partial charge in [0.1, 0.15) is 5.82 Å². The number of imidazole rings is 1. The van der Waals surface area contributed by atoms with Crippen LogP contribution in [-0.2, 0) is 19.6 Å². The fourth-order valence-corrected chi connectivity index (χ4v) is 5.11. The number of ether oxygens (including phenoxy) is 1. The van der Waals surface area contributed by atoms with E-state index in [-0.39, 0.29) is 22.4 Å². The molecule has 1 aromatic heterocycles. The van der Waals surface area contributed by atoms with Gasteiger partial charge >= 0.3 is 0 Å². The lowest BCUT2D eigenvalue weighted by molar-refractivity contribution is -0.113. The lowest BCUT2D eigenvalue weighted by Gasteiger charge is -2.25. The van der Waals surface area contributed by atoms with E-state index in [1.165, 1.54) is 46.4 Å². The van der Waals surface area contributed by atoms with Crippen LogP contribution < -0.4 is 5.32 Å². The Kier molecular flexibility index (Phi) is 6.04. The average molecular weight is 451 g/mol. The van der Waals surface area contributed by atoms with Gasteiger partial charge in [0.25, 0.3) is 0 Å². The van der Waals surface area contributed by atoms with Gasteiger partial charge in [-0.2, -0.15) is 4.31 Å². The number of halogens is 1. The first-order valence-electron chi connectivity index (χ1n) is 9.18. The molecule has 30 heavy (non-hydrogen) atoms. The number of hydrogen-bond donors (Lipinski definition) is 2. The maximum atomic E-state index is 12.9. The van der Waals surface area contributed by atoms with Crippen LogP contribution in [0.1, 0.15) is 0 Å². The molecule has 1 aliphatic rings. The Labute approximate surface area is 176 Å². The third kappa shape index (κ3) is 4.64. The normalized spacial score (nSPS) is 15.4. The number of aromatic nitrogens is 2. The van der Waals surface area contributed by atoms with Crippen LogP contribution >= 0.6 is 11.8 Å². The topological polar surface area (TPSA) is 104 Å². The monoisotopic (exact) mass is 450 g/mol. The van der Waals surface area contributed by atoms with Gasteiger partial charge in [0.05, 0.1) is 34.9 Å². The van der Waals surface area contributed by atoms with Crippen molar-refractivity contribution in [2.75, 3.05) is 37.4 Å². The Morgan fingerprint density at radius 2 is 1.93 bits per heavy atom. The van der Waals surface area contributed by atoms with Crippen molar-refractivity contribution in [2.45, 2.75) is 10.1 Å². The number of hydrogen-bond acceptors (Lipinski definition) is 6. The van der Waals surface area contributed by atoms with Crippen molar-refractivity contribution in [1.82, 2.24) is 14.3 Å². The minimum atomic E-state index is -3.60. The summed E-state index contributed by atoms with van der Waals surface area (Å²) in [7, 11) is -3.60. The maximum absolute atomic E-state index is 12.9. The predicted molar refractivity (Wildman–Crippen MR) is 111 cm³/mol. The van der Waals surface area contributed by atoms with E-state index in [4.69, 9.17) is 4.74 Å². The number of nitrogens with zero attached hydrogens (tertiary/aromatic N) is 2. The number of carbonyl (C=O) groups is 1. The van der Waals surface area contributed by atoms with Crippen molar-refractivity contribution in [3.05, 3.63) is 48.3 Å². The number of morpholine rings is 1. The van der Waals surface area contributed by atoms with Crippen molar-refractivity contribution in [2.24, 2.45) is 0 Å². The fraction of sp³-hybridized carbons (Fsp3) is 0.263. The highest BCUT2D eigenvalue weighted by atomic mass is 32.2. The van der Waals surface area contributed by atoms with Crippen molar-refractivity contribution in [1.29, 1.82) is 0 Å². The van der Waals surface area contributed by atoms with E-state index in [0.29, 0.717) is 48.2 Å². The van der Waals surface area contributed by atoms with E-state index < -0.39 is 10.0 Å². The molecule has 0 atom stereocenters. The largest absolute Gasteiger partial charge is 0.379 e. The fourth-order valence-electron chi connectivity index (χ4n) is 2.99. The van der Waals surface area contributed by atoms with Crippen molar-refractivity contribution < 1.29 is 22.3 Å². The smallest absolute Gasteiger partial charge is 0.243 e. The summed E-state index contributed by atoms with van der Waals surface area (Å²) in [6, 6.07) is 10.2. The molecule has 0 unspecified atom stereocenters. The van der Waals surface area contributed by atoms with Crippen LogP contribution in [0.5, 0.6) is 0 Å². The van der Waals surface area contributed by atoms with E-state index in [0.717, 1.165) is 0 Å². The van der Waals surface area contributed by atoms with Gasteiger partial charge in [-0.3, -0.25) is 4.79 Å². The van der Waals surface area contributed by atoms with Crippen LogP contribution in [0.15, 0.2) is 52.5 Å². The second kappa shape index (κ2) is 8.72. The molecule has 1 aliphatic heterocycles. The summed E-state index contributed by atoms with van der Waals surface area (Å²) in [5.41, 5.74) is 1.69. The van der Waals surface area contributed by atoms with E-state index in [9.17, 15) is 17.6 Å². The zero-order valence-corrected chi connectivity index (χ0v) is 17.4. The first-order chi connectivity index (χ1) is 14.4. The van der Waals surface area contributed by atoms with Gasteiger partial charge in [0.15, 0.2) is 5.16 Å². The number of sulfonamides is 1. The Morgan fingerprint density at radius 1 is 1.20 bits per heavy atom. The van der Waals surface area contributed by atoms with Gasteiger partial charge in [0.2, 0.25) is 15.9 Å². The lowest BCUT2D eigenvalue weighted by atomic mass is 10.3. The first-order valence-corrected chi connectivity index (χ1v) is 11.6. The Hall–Kier alpha value is -2.47. The summed E-state index contributed by atoms with van der Waals surface area (Å²) >= 11 is 1.19. The van der Waals surface area contributed by atoms with Crippen LogP contribution in [0, 0.1) is 5.82 Å². The van der Waals surface area contributed by atoms with Gasteiger partial charge in [0, 0.05) is 18.8 Å². The van der Waals surface area contributed by atoms with Crippen LogP contribution in [0.4, 0.5) is 10.1 Å². The zero-order valence-electron chi connectivity index (χ0n) is 15.8. The van der Waals surface area contributed by atoms with Crippen LogP contribution in [0.3, 0.4) is 0 Å². The molecule has 2 aromatic carbocycles. The zero-order chi connectivity index (χ0) is 21.1. The van der Waals surface area contributed by atoms with E-state index in [2.05, 4.69) is 15.3 Å². The summed E-state index contributed by atoms with van der Waals surface area (Å²) in [4.78, 5) is 19.7. The Bertz CT molecular complexity index is 1160. The number of H-pyrrole nitrogens is 1. The molecule has 158 valence electrons. The third-order valence-corrected chi connectivity index (χ3v) is 7.28. The molecule has 0 spiro atoms. The maximum Gasteiger partial charge on any atom is 0.243 e. The SMILES string of the molecule is O=C(CSc1nc2ccc(S(=O)(=O)N3CCOCC3)cc2[nH]1)Nc1ccc(F)cc1. The first kappa shape index (κ1) is 20.8. The molecule has 1 fully saturated rings. The molecule has 0 saturated carbocycles. The average Bonchev–Trinajstić information content (AvgIpc) is 3.17. The van der Waals surface area contributed by atoms with Crippen molar-refractivity contribution >= 4 is 44.4 Å². The molecule has 8 nitrogen and oxygen atoms in total. The molecule has 1 saturated heterocycles. The molecule has 1 amide bonds. The third-order valence-electron chi connectivity index (χ3n) is 4.51. The number of thioether (sulfide) groups is 1. The number of anilines is 1. The molecule has 2 heterocycles. The molecular weight excluding hydrogens is 431 g/mol. The predicted octanol–water partition coefficient (Wildman–Crippen LogP) is 2.45. The number of rotatable bonds is 6. The number of nitrogens with one attached hydrogen (secondary N) is 2. The van der Waals surface area contributed by atoms with Gasteiger partial charge in [-0.15, -0.1) is 0 Å². The molecule has 0 aliphatic carbocycles. The van der Waals surface area contributed by atoms with Crippen LogP contribution in [0.2, 0.25) is 0 Å². The summed E-state index contributed by atoms with van der Waals surface area (Å²) in [6.45, 7) is 1.42. The van der Waals surface area contributed by atoms with Gasteiger partial charge in [-0.05, 0) is 42.5 Å². The molecular formula is C19H19FN4O4S2. The minimum absolute atomic E-state index is 0.0934. The second-order valence-electron chi connectivity index (χ2n) is 6.58. The number of fused-ring (bicyclic) bond motifs is 1. The van der Waals surface area contributed by atoms with Crippen LogP contribution in [0.25, 0.3) is 11.0 Å². The number of aromatic amines is 1. The van der Waals surface area contributed by atoms with E-state index in [1.54, 1.807) is 12.1 Å². The second-order valence-corrected chi connectivity index (χ2v) is 9.48. The van der Waals surface area contributed by atoms with Gasteiger partial charge < -0.3 is 15.0 Å². The quantitative estimate of drug-likeness (QED) is 0.559. The number of amides is 1. The number of benzene rings is 2. The standard InChI is InChI=1S/C19H19FN4O4S2/c20-13-1-3-14(4-2-13)21-18(25)12-29-19-22-16-6-5-15(11-17(16)23-19)30(26,27)24-7-9-28-10-8-24/h1-6,11H,7-10,12H2,(H,21,25)(H,22,23). The highest BCUT2D eigenvalue weighted by molar-refractivity contribution is 7.99. The van der Waals surface area contributed by atoms with E-state index in [1.807, 2.05) is 0 Å². The highest BCUT2D eigenvalue weighted by Crippen LogP contribution is 2.24. The van der Waals surface area contributed by atoms with Gasteiger partial charge in [-0.1, -0.05) is 11.8 Å². The summed E-state index contributed by atoms with van der Waals surface area (Å²) in [6.07, 6.45) is 0. The molecule has 3 aromatic rings. The summed E-state index contributed by atoms with van der Waals surface area (Å²) in [5, 5.41) is 3.18. The summed E-state index contributed by atoms with van der Waals surface area (Å²) in [5.74, 6) is -0.543. The van der Waals surface area contributed by atoms with Crippen LogP contribution in [-0.4, -0.2) is 60.7 Å². The van der Waals surface area contributed by atoms with Crippen molar-refractivity contribution in [3.8, 4) is 0 Å². The minimum Gasteiger partial charge on any atom is -0.379 e. The lowest BCUT2D eigenvalue weighted by Crippen LogP contribution is -2.40. The molecule has 4 rings (SSSR count). The molecule has 0 radical (unpaired) electrons. The molecule has 11 heteroatoms. The molecule has 2 N–H and O–H groups in total. The van der Waals surface area contributed by atoms with E-state index >= 15 is 0 Å². The number of carbonyl (C=O) groups excluding carboxylic acids is 1. The van der Waals surface area contributed by atoms with Crippen molar-refractivity contribution in [3.63, 3.8) is 0 Å². The van der Waals surface area contributed by atoms with Gasteiger partial charge in [-0.25, -0.2) is 17.8 Å².